The van der Waals surface area contributed by atoms with Crippen LogP contribution in [0, 0.1) is 0 Å². The highest BCUT2D eigenvalue weighted by Crippen LogP contribution is 2.29. The number of ether oxygens (including phenoxy) is 2. The molecule has 0 saturated carbocycles. The van der Waals surface area contributed by atoms with Gasteiger partial charge >= 0.3 is 0 Å². The Morgan fingerprint density at radius 1 is 0.857 bits per heavy atom. The number of hydrogen-bond acceptors (Lipinski definition) is 4. The van der Waals surface area contributed by atoms with Gasteiger partial charge in [0.15, 0.2) is 0 Å². The Hall–Kier alpha value is -3.31. The molecule has 1 saturated heterocycles. The lowest BCUT2D eigenvalue weighted by Gasteiger charge is -2.38. The molecule has 1 fully saturated rings. The Morgan fingerprint density at radius 2 is 1.40 bits per heavy atom. The zero-order valence-corrected chi connectivity index (χ0v) is 21.2. The largest absolute Gasteiger partial charge is 0.497 e. The zero-order valence-electron chi connectivity index (χ0n) is 21.2. The minimum Gasteiger partial charge on any atom is -0.497 e. The number of hydrogen-bond donors (Lipinski definition) is 0. The molecule has 0 aromatic heterocycles. The molecule has 0 unspecified atom stereocenters. The molecule has 3 aromatic carbocycles. The van der Waals surface area contributed by atoms with Gasteiger partial charge in [0.25, 0.3) is 5.91 Å². The van der Waals surface area contributed by atoms with Crippen LogP contribution in [0.25, 0.3) is 0 Å². The van der Waals surface area contributed by atoms with E-state index in [1.54, 1.807) is 14.2 Å². The number of methoxy groups -OCH3 is 2. The number of carbonyl (C=O) groups excluding carboxylic acids is 1. The quantitative estimate of drug-likeness (QED) is 0.395. The first kappa shape index (κ1) is 24.8. The molecule has 3 aromatic rings. The smallest absolute Gasteiger partial charge is 0.258 e. The highest BCUT2D eigenvalue weighted by atomic mass is 16.5. The van der Waals surface area contributed by atoms with E-state index in [0.29, 0.717) is 11.5 Å². The second-order valence-corrected chi connectivity index (χ2v) is 9.51. The number of anilines is 1. The van der Waals surface area contributed by atoms with Gasteiger partial charge in [-0.3, -0.25) is 9.69 Å². The molecular weight excluding hydrogens is 436 g/mol. The van der Waals surface area contributed by atoms with Gasteiger partial charge in [-0.25, -0.2) is 0 Å². The van der Waals surface area contributed by atoms with Crippen molar-refractivity contribution in [1.29, 1.82) is 0 Å². The van der Waals surface area contributed by atoms with Crippen LogP contribution in [-0.4, -0.2) is 44.2 Å². The molecular formula is C30H36N2O3. The maximum atomic E-state index is 13.7. The lowest BCUT2D eigenvalue weighted by atomic mass is 9.99. The van der Waals surface area contributed by atoms with Gasteiger partial charge in [0.05, 0.1) is 14.2 Å². The van der Waals surface area contributed by atoms with E-state index in [1.165, 1.54) is 11.1 Å². The monoisotopic (exact) mass is 472 g/mol. The van der Waals surface area contributed by atoms with Crippen LogP contribution in [0.4, 0.5) is 5.69 Å². The standard InChI is InChI=1S/C30H36N2O3/c1-22(2)24-7-5-23(6-8-24)21-31-19-17-27(18-20-31)32(26-11-15-29(35-4)16-12-26)30(33)25-9-13-28(34-3)14-10-25/h5-16,22,27H,17-21H2,1-4H3. The van der Waals surface area contributed by atoms with Gasteiger partial charge in [-0.2, -0.15) is 0 Å². The summed E-state index contributed by atoms with van der Waals surface area (Å²) in [6, 6.07) is 24.3. The lowest BCUT2D eigenvalue weighted by Crippen LogP contribution is -2.47. The molecule has 0 aliphatic carbocycles. The van der Waals surface area contributed by atoms with E-state index in [-0.39, 0.29) is 11.9 Å². The Kier molecular flexibility index (Phi) is 8.09. The van der Waals surface area contributed by atoms with Crippen LogP contribution in [0.1, 0.15) is 54.1 Å². The van der Waals surface area contributed by atoms with E-state index in [2.05, 4.69) is 43.0 Å². The van der Waals surface area contributed by atoms with Crippen LogP contribution >= 0.6 is 0 Å². The molecule has 5 nitrogen and oxygen atoms in total. The maximum Gasteiger partial charge on any atom is 0.258 e. The third kappa shape index (κ3) is 6.04. The molecule has 35 heavy (non-hydrogen) atoms. The Balaban J connectivity index is 1.48. The average molecular weight is 473 g/mol. The van der Waals surface area contributed by atoms with Gasteiger partial charge in [0, 0.05) is 36.9 Å². The molecule has 1 amide bonds. The van der Waals surface area contributed by atoms with Crippen molar-refractivity contribution >= 4 is 11.6 Å². The van der Waals surface area contributed by atoms with Crippen LogP contribution in [0.2, 0.25) is 0 Å². The molecule has 4 rings (SSSR count). The molecule has 1 aliphatic heterocycles. The number of rotatable bonds is 8. The summed E-state index contributed by atoms with van der Waals surface area (Å²) in [5.74, 6) is 2.09. The van der Waals surface area contributed by atoms with Crippen molar-refractivity contribution in [1.82, 2.24) is 4.90 Å². The van der Waals surface area contributed by atoms with E-state index in [9.17, 15) is 4.79 Å². The molecule has 0 spiro atoms. The van der Waals surface area contributed by atoms with Crippen LogP contribution < -0.4 is 14.4 Å². The molecule has 0 bridgehead atoms. The fraction of sp³-hybridized carbons (Fsp3) is 0.367. The van der Waals surface area contributed by atoms with Crippen molar-refractivity contribution < 1.29 is 14.3 Å². The number of piperidine rings is 1. The summed E-state index contributed by atoms with van der Waals surface area (Å²) in [5.41, 5.74) is 4.28. The van der Waals surface area contributed by atoms with E-state index >= 15 is 0 Å². The topological polar surface area (TPSA) is 42.0 Å². The predicted molar refractivity (Wildman–Crippen MR) is 142 cm³/mol. The van der Waals surface area contributed by atoms with Gasteiger partial charge in [0.1, 0.15) is 11.5 Å². The Bertz CT molecular complexity index is 1080. The summed E-state index contributed by atoms with van der Waals surface area (Å²) in [6.07, 6.45) is 1.86. The molecule has 0 atom stereocenters. The second kappa shape index (κ2) is 11.4. The number of nitrogens with zero attached hydrogens (tertiary/aromatic N) is 2. The van der Waals surface area contributed by atoms with Gasteiger partial charge in [0.2, 0.25) is 0 Å². The van der Waals surface area contributed by atoms with Crippen molar-refractivity contribution in [2.45, 2.75) is 45.2 Å². The number of benzene rings is 3. The molecule has 0 N–H and O–H groups in total. The van der Waals surface area contributed by atoms with Crippen molar-refractivity contribution in [2.24, 2.45) is 0 Å². The zero-order chi connectivity index (χ0) is 24.8. The van der Waals surface area contributed by atoms with Gasteiger partial charge < -0.3 is 14.4 Å². The minimum absolute atomic E-state index is 0.0144. The molecule has 1 heterocycles. The molecule has 5 heteroatoms. The van der Waals surface area contributed by atoms with E-state index in [4.69, 9.17) is 9.47 Å². The van der Waals surface area contributed by atoms with Crippen LogP contribution in [0.5, 0.6) is 11.5 Å². The first-order chi connectivity index (χ1) is 17.0. The first-order valence-electron chi connectivity index (χ1n) is 12.4. The lowest BCUT2D eigenvalue weighted by molar-refractivity contribution is 0.0958. The normalized spacial score (nSPS) is 14.7. The molecule has 1 aliphatic rings. The molecule has 0 radical (unpaired) electrons. The summed E-state index contributed by atoms with van der Waals surface area (Å²) in [4.78, 5) is 18.2. The number of amides is 1. The highest BCUT2D eigenvalue weighted by molar-refractivity contribution is 6.06. The van der Waals surface area contributed by atoms with Gasteiger partial charge in [-0.1, -0.05) is 38.1 Å². The van der Waals surface area contributed by atoms with Gasteiger partial charge in [-0.15, -0.1) is 0 Å². The third-order valence-corrected chi connectivity index (χ3v) is 6.88. The Morgan fingerprint density at radius 3 is 1.91 bits per heavy atom. The first-order valence-corrected chi connectivity index (χ1v) is 12.4. The van der Waals surface area contributed by atoms with E-state index in [1.807, 2.05) is 53.4 Å². The van der Waals surface area contributed by atoms with Crippen LogP contribution in [-0.2, 0) is 6.54 Å². The summed E-state index contributed by atoms with van der Waals surface area (Å²) >= 11 is 0. The maximum absolute atomic E-state index is 13.7. The van der Waals surface area contributed by atoms with Crippen molar-refractivity contribution in [2.75, 3.05) is 32.2 Å². The number of likely N-dealkylation sites (tertiary alicyclic amines) is 1. The van der Waals surface area contributed by atoms with Crippen molar-refractivity contribution in [3.63, 3.8) is 0 Å². The Labute approximate surface area is 209 Å². The highest BCUT2D eigenvalue weighted by Gasteiger charge is 2.30. The van der Waals surface area contributed by atoms with Crippen molar-refractivity contribution in [3.05, 3.63) is 89.5 Å². The molecule has 184 valence electrons. The summed E-state index contributed by atoms with van der Waals surface area (Å²) in [5, 5.41) is 0. The average Bonchev–Trinajstić information content (AvgIpc) is 2.90. The van der Waals surface area contributed by atoms with Crippen LogP contribution in [0.15, 0.2) is 72.8 Å². The summed E-state index contributed by atoms with van der Waals surface area (Å²) in [7, 11) is 3.29. The minimum atomic E-state index is 0.0144. The van der Waals surface area contributed by atoms with Crippen LogP contribution in [0.3, 0.4) is 0 Å². The summed E-state index contributed by atoms with van der Waals surface area (Å²) < 4.78 is 10.6. The van der Waals surface area contributed by atoms with Crippen molar-refractivity contribution in [3.8, 4) is 11.5 Å². The van der Waals surface area contributed by atoms with Gasteiger partial charge in [-0.05, 0) is 78.4 Å². The van der Waals surface area contributed by atoms with E-state index in [0.717, 1.165) is 49.7 Å². The fourth-order valence-corrected chi connectivity index (χ4v) is 4.71. The predicted octanol–water partition coefficient (Wildman–Crippen LogP) is 6.14. The summed E-state index contributed by atoms with van der Waals surface area (Å²) in [6.45, 7) is 7.31. The SMILES string of the molecule is COc1ccc(C(=O)N(c2ccc(OC)cc2)C2CCN(Cc3ccc(C(C)C)cc3)CC2)cc1. The van der Waals surface area contributed by atoms with E-state index < -0.39 is 0 Å². The third-order valence-electron chi connectivity index (χ3n) is 6.88. The fourth-order valence-electron chi connectivity index (χ4n) is 4.71. The second-order valence-electron chi connectivity index (χ2n) is 9.51. The number of carbonyl (C=O) groups is 1.